The van der Waals surface area contributed by atoms with Crippen LogP contribution < -0.4 is 5.01 Å². The van der Waals surface area contributed by atoms with Crippen molar-refractivity contribution in [2.24, 2.45) is 0 Å². The number of hydrogen-bond acceptors (Lipinski definition) is 7. The van der Waals surface area contributed by atoms with Crippen molar-refractivity contribution in [3.05, 3.63) is 56.7 Å². The van der Waals surface area contributed by atoms with Crippen molar-refractivity contribution in [3.8, 4) is 0 Å². The summed E-state index contributed by atoms with van der Waals surface area (Å²) in [6.45, 7) is 0. The number of hydrogen-bond donors (Lipinski definition) is 0. The van der Waals surface area contributed by atoms with E-state index in [4.69, 9.17) is 0 Å². The summed E-state index contributed by atoms with van der Waals surface area (Å²) in [5, 5.41) is 24.8. The van der Waals surface area contributed by atoms with E-state index < -0.39 is 4.92 Å². The second kappa shape index (κ2) is 4.25. The summed E-state index contributed by atoms with van der Waals surface area (Å²) in [6.07, 6.45) is 1.67. The standard InChI is InChI=1S/C11H7N5O2S2/c17-16(18)8-3-1-7(2-4-8)10-15-9(5-19-10)20-11-13-12-6-14(11)15/h1-6,10H/t10-/m1/s1. The molecule has 0 N–H and O–H groups in total. The van der Waals surface area contributed by atoms with E-state index in [9.17, 15) is 10.1 Å². The minimum absolute atomic E-state index is 0.0514. The van der Waals surface area contributed by atoms with E-state index in [1.807, 2.05) is 4.68 Å². The van der Waals surface area contributed by atoms with Crippen molar-refractivity contribution in [1.29, 1.82) is 0 Å². The fourth-order valence-electron chi connectivity index (χ4n) is 2.15. The summed E-state index contributed by atoms with van der Waals surface area (Å²) in [5.74, 6) is 0. The first-order valence-corrected chi connectivity index (χ1v) is 7.47. The SMILES string of the molecule is O=[N+]([O-])c1ccc([C@H]2SC=C3Sc4nncn4N32)cc1. The van der Waals surface area contributed by atoms with Crippen LogP contribution in [0, 0.1) is 10.1 Å². The Morgan fingerprint density at radius 3 is 2.85 bits per heavy atom. The van der Waals surface area contributed by atoms with E-state index in [1.54, 1.807) is 42.0 Å². The van der Waals surface area contributed by atoms with E-state index in [0.29, 0.717) is 0 Å². The molecule has 4 rings (SSSR count). The summed E-state index contributed by atoms with van der Waals surface area (Å²) in [6, 6.07) is 6.65. The zero-order valence-corrected chi connectivity index (χ0v) is 11.5. The Hall–Kier alpha value is -2.00. The van der Waals surface area contributed by atoms with Gasteiger partial charge in [0.1, 0.15) is 16.7 Å². The van der Waals surface area contributed by atoms with Gasteiger partial charge >= 0.3 is 0 Å². The maximum atomic E-state index is 10.7. The number of fused-ring (bicyclic) bond motifs is 3. The highest BCUT2D eigenvalue weighted by Gasteiger charge is 2.37. The van der Waals surface area contributed by atoms with E-state index in [2.05, 4.69) is 20.6 Å². The van der Waals surface area contributed by atoms with Crippen LogP contribution in [0.2, 0.25) is 0 Å². The maximum absolute atomic E-state index is 10.7. The third-order valence-electron chi connectivity index (χ3n) is 3.06. The van der Waals surface area contributed by atoms with Gasteiger partial charge in [0.15, 0.2) is 0 Å². The van der Waals surface area contributed by atoms with Gasteiger partial charge < -0.3 is 0 Å². The van der Waals surface area contributed by atoms with E-state index in [-0.39, 0.29) is 11.1 Å². The summed E-state index contributed by atoms with van der Waals surface area (Å²) in [4.78, 5) is 10.3. The molecule has 0 radical (unpaired) electrons. The lowest BCUT2D eigenvalue weighted by molar-refractivity contribution is -0.384. The molecule has 1 aromatic carbocycles. The average Bonchev–Trinajstić information content (AvgIpc) is 3.10. The predicted molar refractivity (Wildman–Crippen MR) is 75.6 cm³/mol. The molecule has 2 aromatic rings. The highest BCUT2D eigenvalue weighted by atomic mass is 32.2. The molecule has 0 fully saturated rings. The molecular formula is C11H7N5O2S2. The van der Waals surface area contributed by atoms with Crippen LogP contribution in [-0.2, 0) is 0 Å². The second-order valence-corrected chi connectivity index (χ2v) is 6.14. The molecule has 0 spiro atoms. The van der Waals surface area contributed by atoms with Gasteiger partial charge in [0.05, 0.1) is 4.92 Å². The normalized spacial score (nSPS) is 19.7. The number of nitro groups is 1. The molecule has 3 heterocycles. The van der Waals surface area contributed by atoms with Crippen LogP contribution in [0.1, 0.15) is 10.9 Å². The topological polar surface area (TPSA) is 77.1 Å². The van der Waals surface area contributed by atoms with Gasteiger partial charge in [0.25, 0.3) is 5.69 Å². The average molecular weight is 305 g/mol. The van der Waals surface area contributed by atoms with Crippen LogP contribution in [0.4, 0.5) is 5.69 Å². The smallest absolute Gasteiger partial charge is 0.258 e. The molecule has 0 amide bonds. The van der Waals surface area contributed by atoms with Crippen molar-refractivity contribution < 1.29 is 4.92 Å². The van der Waals surface area contributed by atoms with Crippen molar-refractivity contribution in [2.75, 3.05) is 5.01 Å². The Balaban J connectivity index is 1.69. The number of nitro benzene ring substituents is 1. The van der Waals surface area contributed by atoms with Crippen LogP contribution in [0.5, 0.6) is 0 Å². The number of rotatable bonds is 2. The second-order valence-electron chi connectivity index (χ2n) is 4.20. The highest BCUT2D eigenvalue weighted by molar-refractivity contribution is 8.07. The van der Waals surface area contributed by atoms with E-state index >= 15 is 0 Å². The zero-order valence-electron chi connectivity index (χ0n) is 9.91. The fraction of sp³-hybridized carbons (Fsp3) is 0.0909. The van der Waals surface area contributed by atoms with Gasteiger partial charge in [-0.05, 0) is 29.5 Å². The van der Waals surface area contributed by atoms with Gasteiger partial charge in [-0.2, -0.15) is 0 Å². The number of non-ortho nitro benzene ring substituents is 1. The van der Waals surface area contributed by atoms with Crippen LogP contribution in [-0.4, -0.2) is 19.8 Å². The zero-order chi connectivity index (χ0) is 13.7. The minimum atomic E-state index is -0.390. The van der Waals surface area contributed by atoms with Gasteiger partial charge in [0, 0.05) is 17.5 Å². The molecule has 0 saturated carbocycles. The summed E-state index contributed by atoms with van der Waals surface area (Å²) in [7, 11) is 0. The molecule has 2 aliphatic rings. The molecule has 1 atom stereocenters. The monoisotopic (exact) mass is 305 g/mol. The molecule has 7 nitrogen and oxygen atoms in total. The molecule has 0 unspecified atom stereocenters. The third-order valence-corrected chi connectivity index (χ3v) is 5.27. The molecule has 20 heavy (non-hydrogen) atoms. The van der Waals surface area contributed by atoms with Gasteiger partial charge in [-0.3, -0.25) is 15.1 Å². The van der Waals surface area contributed by atoms with Gasteiger partial charge in [-0.25, -0.2) is 4.68 Å². The van der Waals surface area contributed by atoms with Gasteiger partial charge in [0.2, 0.25) is 5.16 Å². The molecule has 0 aliphatic carbocycles. The van der Waals surface area contributed by atoms with Crippen LogP contribution in [0.15, 0.2) is 46.2 Å². The number of benzene rings is 1. The van der Waals surface area contributed by atoms with Gasteiger partial charge in [-0.15, -0.1) is 10.2 Å². The Morgan fingerprint density at radius 2 is 2.10 bits per heavy atom. The highest BCUT2D eigenvalue weighted by Crippen LogP contribution is 2.50. The molecule has 1 aromatic heterocycles. The third kappa shape index (κ3) is 1.63. The Kier molecular flexibility index (Phi) is 2.51. The first-order chi connectivity index (χ1) is 9.74. The summed E-state index contributed by atoms with van der Waals surface area (Å²) >= 11 is 3.23. The Labute approximate surface area is 121 Å². The van der Waals surface area contributed by atoms with Crippen LogP contribution in [0.3, 0.4) is 0 Å². The van der Waals surface area contributed by atoms with Crippen molar-refractivity contribution in [2.45, 2.75) is 10.5 Å². The molecule has 9 heteroatoms. The fourth-order valence-corrected chi connectivity index (χ4v) is 4.36. The minimum Gasteiger partial charge on any atom is -0.258 e. The molecular weight excluding hydrogens is 298 g/mol. The quantitative estimate of drug-likeness (QED) is 0.623. The van der Waals surface area contributed by atoms with Crippen LogP contribution in [0.25, 0.3) is 0 Å². The lowest BCUT2D eigenvalue weighted by atomic mass is 10.2. The summed E-state index contributed by atoms with van der Waals surface area (Å²) < 4.78 is 1.91. The predicted octanol–water partition coefficient (Wildman–Crippen LogP) is 2.47. The molecule has 0 saturated heterocycles. The first-order valence-electron chi connectivity index (χ1n) is 5.71. The first kappa shape index (κ1) is 11.8. The maximum Gasteiger partial charge on any atom is 0.269 e. The number of aromatic nitrogens is 3. The van der Waals surface area contributed by atoms with E-state index in [1.165, 1.54) is 12.1 Å². The Bertz CT molecular complexity index is 727. The molecule has 2 aliphatic heterocycles. The number of nitrogens with zero attached hydrogens (tertiary/aromatic N) is 5. The van der Waals surface area contributed by atoms with Crippen molar-refractivity contribution in [3.63, 3.8) is 0 Å². The Morgan fingerprint density at radius 1 is 1.30 bits per heavy atom. The largest absolute Gasteiger partial charge is 0.269 e. The van der Waals surface area contributed by atoms with Gasteiger partial charge in [-0.1, -0.05) is 11.8 Å². The summed E-state index contributed by atoms with van der Waals surface area (Å²) in [5.41, 5.74) is 1.11. The lowest BCUT2D eigenvalue weighted by Crippen LogP contribution is -2.28. The van der Waals surface area contributed by atoms with Crippen molar-refractivity contribution >= 4 is 29.2 Å². The molecule has 100 valence electrons. The van der Waals surface area contributed by atoms with Crippen LogP contribution >= 0.6 is 23.5 Å². The van der Waals surface area contributed by atoms with E-state index in [0.717, 1.165) is 15.7 Å². The van der Waals surface area contributed by atoms with Crippen molar-refractivity contribution in [1.82, 2.24) is 14.9 Å². The number of thioether (sulfide) groups is 2. The molecule has 0 bridgehead atoms. The lowest BCUT2D eigenvalue weighted by Gasteiger charge is -2.24.